The molecule has 2 aromatic heterocycles. The number of nitrogens with zero attached hydrogens (tertiary/aromatic N) is 4. The van der Waals surface area contributed by atoms with Crippen LogP contribution in [0.1, 0.15) is 32.9 Å². The highest BCUT2D eigenvalue weighted by Gasteiger charge is 2.20. The minimum Gasteiger partial charge on any atom is -0.345 e. The lowest BCUT2D eigenvalue weighted by atomic mass is 10.1. The third-order valence-corrected chi connectivity index (χ3v) is 5.07. The molecule has 0 atom stereocenters. The second kappa shape index (κ2) is 9.44. The Morgan fingerprint density at radius 1 is 0.939 bits per heavy atom. The van der Waals surface area contributed by atoms with E-state index < -0.39 is 17.2 Å². The molecule has 0 aliphatic carbocycles. The number of carbonyl (C=O) groups is 1. The van der Waals surface area contributed by atoms with Gasteiger partial charge < -0.3 is 5.32 Å². The van der Waals surface area contributed by atoms with Gasteiger partial charge in [0.25, 0.3) is 11.5 Å². The molecule has 0 saturated carbocycles. The molecule has 0 radical (unpaired) electrons. The van der Waals surface area contributed by atoms with E-state index in [0.29, 0.717) is 11.4 Å². The predicted octanol–water partition coefficient (Wildman–Crippen LogP) is 2.38. The molecule has 4 rings (SSSR count). The lowest BCUT2D eigenvalue weighted by molar-refractivity contribution is 0.0940. The van der Waals surface area contributed by atoms with Crippen molar-refractivity contribution in [3.8, 4) is 5.69 Å². The first-order valence-electron chi connectivity index (χ1n) is 10.5. The van der Waals surface area contributed by atoms with Crippen LogP contribution in [0.25, 0.3) is 5.69 Å². The minimum atomic E-state index is -0.747. The topological polar surface area (TPSA) is 98.9 Å². The number of aromatic nitrogens is 4. The number of benzene rings is 2. The standard InChI is InChI=1S/C25H23N5O3/c1-17-12-18(2)14-21(13-17)30-25(33)29(16-19-8-4-3-5-9-19)24(32)22(28-30)23(31)27-15-20-10-6-7-11-26-20/h3-14H,15-16H2,1-2H3,(H,27,31). The van der Waals surface area contributed by atoms with Crippen molar-refractivity contribution in [2.45, 2.75) is 26.9 Å². The number of amides is 1. The molecule has 8 nitrogen and oxygen atoms in total. The van der Waals surface area contributed by atoms with Gasteiger partial charge in [-0.05, 0) is 54.8 Å². The van der Waals surface area contributed by atoms with E-state index in [4.69, 9.17) is 0 Å². The van der Waals surface area contributed by atoms with E-state index in [2.05, 4.69) is 15.4 Å². The molecule has 0 aliphatic rings. The van der Waals surface area contributed by atoms with Crippen LogP contribution < -0.4 is 16.6 Å². The fraction of sp³-hybridized carbons (Fsp3) is 0.160. The van der Waals surface area contributed by atoms with Gasteiger partial charge in [0.05, 0.1) is 24.5 Å². The Labute approximate surface area is 190 Å². The van der Waals surface area contributed by atoms with Crippen molar-refractivity contribution < 1.29 is 4.79 Å². The highest BCUT2D eigenvalue weighted by Crippen LogP contribution is 2.11. The number of rotatable bonds is 6. The molecule has 0 aliphatic heterocycles. The van der Waals surface area contributed by atoms with Gasteiger partial charge in [-0.15, -0.1) is 0 Å². The zero-order chi connectivity index (χ0) is 23.4. The Morgan fingerprint density at radius 2 is 1.64 bits per heavy atom. The first kappa shape index (κ1) is 21.9. The van der Waals surface area contributed by atoms with Gasteiger partial charge in [-0.3, -0.25) is 19.1 Å². The van der Waals surface area contributed by atoms with E-state index in [1.54, 1.807) is 36.5 Å². The Balaban J connectivity index is 1.81. The van der Waals surface area contributed by atoms with E-state index in [9.17, 15) is 14.4 Å². The first-order valence-corrected chi connectivity index (χ1v) is 10.5. The summed E-state index contributed by atoms with van der Waals surface area (Å²) in [7, 11) is 0. The zero-order valence-corrected chi connectivity index (χ0v) is 18.4. The van der Waals surface area contributed by atoms with Crippen LogP contribution >= 0.6 is 0 Å². The molecule has 0 fully saturated rings. The zero-order valence-electron chi connectivity index (χ0n) is 18.4. The summed E-state index contributed by atoms with van der Waals surface area (Å²) >= 11 is 0. The quantitative estimate of drug-likeness (QED) is 0.495. The molecular formula is C25H23N5O3. The largest absolute Gasteiger partial charge is 0.352 e. The van der Waals surface area contributed by atoms with Crippen LogP contribution in [0, 0.1) is 13.8 Å². The molecule has 33 heavy (non-hydrogen) atoms. The second-order valence-corrected chi connectivity index (χ2v) is 7.77. The Hall–Kier alpha value is -4.33. The summed E-state index contributed by atoms with van der Waals surface area (Å²) in [4.78, 5) is 43.6. The van der Waals surface area contributed by atoms with Crippen LogP contribution in [0.2, 0.25) is 0 Å². The minimum absolute atomic E-state index is 0.0202. The molecule has 0 spiro atoms. The molecule has 2 aromatic carbocycles. The number of carbonyl (C=O) groups excluding carboxylic acids is 1. The highest BCUT2D eigenvalue weighted by atomic mass is 16.2. The van der Waals surface area contributed by atoms with Crippen molar-refractivity contribution in [3.63, 3.8) is 0 Å². The summed E-state index contributed by atoms with van der Waals surface area (Å²) in [5.74, 6) is -0.675. The second-order valence-electron chi connectivity index (χ2n) is 7.77. The van der Waals surface area contributed by atoms with Gasteiger partial charge >= 0.3 is 5.69 Å². The van der Waals surface area contributed by atoms with Crippen molar-refractivity contribution in [2.75, 3.05) is 0 Å². The van der Waals surface area contributed by atoms with E-state index in [1.165, 1.54) is 0 Å². The van der Waals surface area contributed by atoms with Gasteiger partial charge in [0, 0.05) is 6.20 Å². The normalized spacial score (nSPS) is 10.7. The Bertz CT molecular complexity index is 1390. The maximum Gasteiger partial charge on any atom is 0.352 e. The smallest absolute Gasteiger partial charge is 0.345 e. The maximum atomic E-state index is 13.3. The van der Waals surface area contributed by atoms with Gasteiger partial charge in [0.2, 0.25) is 5.69 Å². The Morgan fingerprint density at radius 3 is 2.30 bits per heavy atom. The van der Waals surface area contributed by atoms with Gasteiger partial charge in [-0.25, -0.2) is 4.79 Å². The monoisotopic (exact) mass is 441 g/mol. The summed E-state index contributed by atoms with van der Waals surface area (Å²) in [6, 6.07) is 20.0. The van der Waals surface area contributed by atoms with Gasteiger partial charge in [0.1, 0.15) is 0 Å². The van der Waals surface area contributed by atoms with E-state index in [1.807, 2.05) is 50.2 Å². The molecule has 1 amide bonds. The van der Waals surface area contributed by atoms with Crippen LogP contribution in [0.3, 0.4) is 0 Å². The Kier molecular flexibility index (Phi) is 6.26. The third kappa shape index (κ3) is 4.95. The van der Waals surface area contributed by atoms with Crippen molar-refractivity contribution in [3.05, 3.63) is 122 Å². The lowest BCUT2D eigenvalue weighted by Gasteiger charge is -2.13. The van der Waals surface area contributed by atoms with E-state index >= 15 is 0 Å². The fourth-order valence-electron chi connectivity index (χ4n) is 3.56. The molecule has 2 heterocycles. The predicted molar refractivity (Wildman–Crippen MR) is 125 cm³/mol. The maximum absolute atomic E-state index is 13.3. The lowest BCUT2D eigenvalue weighted by Crippen LogP contribution is -2.46. The molecule has 0 bridgehead atoms. The molecule has 4 aromatic rings. The summed E-state index contributed by atoms with van der Waals surface area (Å²) in [5, 5.41) is 6.85. The molecule has 8 heteroatoms. The number of aryl methyl sites for hydroxylation is 2. The molecule has 0 saturated heterocycles. The average Bonchev–Trinajstić information content (AvgIpc) is 2.81. The average molecular weight is 441 g/mol. The summed E-state index contributed by atoms with van der Waals surface area (Å²) in [6.07, 6.45) is 1.62. The summed E-state index contributed by atoms with van der Waals surface area (Å²) < 4.78 is 2.15. The van der Waals surface area contributed by atoms with Crippen LogP contribution in [0.15, 0.2) is 82.5 Å². The number of pyridine rings is 1. The van der Waals surface area contributed by atoms with Crippen molar-refractivity contribution >= 4 is 5.91 Å². The number of hydrogen-bond acceptors (Lipinski definition) is 5. The van der Waals surface area contributed by atoms with Crippen molar-refractivity contribution in [2.24, 2.45) is 0 Å². The van der Waals surface area contributed by atoms with Crippen LogP contribution in [0.5, 0.6) is 0 Å². The van der Waals surface area contributed by atoms with E-state index in [0.717, 1.165) is 25.9 Å². The SMILES string of the molecule is Cc1cc(C)cc(-n2nc(C(=O)NCc3ccccn3)c(=O)n(Cc3ccccc3)c2=O)c1. The number of hydrogen-bond donors (Lipinski definition) is 1. The van der Waals surface area contributed by atoms with Gasteiger partial charge in [0.15, 0.2) is 0 Å². The molecule has 1 N–H and O–H groups in total. The molecule has 0 unspecified atom stereocenters. The van der Waals surface area contributed by atoms with Crippen LogP contribution in [-0.2, 0) is 13.1 Å². The van der Waals surface area contributed by atoms with Crippen molar-refractivity contribution in [1.82, 2.24) is 24.6 Å². The van der Waals surface area contributed by atoms with Crippen molar-refractivity contribution in [1.29, 1.82) is 0 Å². The first-order chi connectivity index (χ1) is 15.9. The fourth-order valence-corrected chi connectivity index (χ4v) is 3.56. The van der Waals surface area contributed by atoms with Crippen LogP contribution in [-0.4, -0.2) is 25.2 Å². The van der Waals surface area contributed by atoms with Gasteiger partial charge in [-0.2, -0.15) is 9.78 Å². The number of nitrogens with one attached hydrogen (secondary N) is 1. The molecular weight excluding hydrogens is 418 g/mol. The van der Waals surface area contributed by atoms with Gasteiger partial charge in [-0.1, -0.05) is 42.5 Å². The summed E-state index contributed by atoms with van der Waals surface area (Å²) in [6.45, 7) is 3.96. The molecule has 166 valence electrons. The third-order valence-electron chi connectivity index (χ3n) is 5.07. The highest BCUT2D eigenvalue weighted by molar-refractivity contribution is 5.91. The van der Waals surface area contributed by atoms with E-state index in [-0.39, 0.29) is 18.8 Å². The summed E-state index contributed by atoms with van der Waals surface area (Å²) in [5.41, 5.74) is 2.02. The van der Waals surface area contributed by atoms with Crippen LogP contribution in [0.4, 0.5) is 0 Å².